The van der Waals surface area contributed by atoms with Crippen LogP contribution in [0.25, 0.3) is 0 Å². The molecule has 0 N–H and O–H groups in total. The van der Waals surface area contributed by atoms with Gasteiger partial charge in [-0.3, -0.25) is 4.79 Å². The smallest absolute Gasteiger partial charge is 0.163 e. The number of rotatable bonds is 5. The van der Waals surface area contributed by atoms with Gasteiger partial charge in [0.15, 0.2) is 5.78 Å². The van der Waals surface area contributed by atoms with E-state index in [4.69, 9.17) is 4.74 Å². The molecule has 0 bridgehead atoms. The highest BCUT2D eigenvalue weighted by atomic mass is 32.2. The summed E-state index contributed by atoms with van der Waals surface area (Å²) in [4.78, 5) is 13.6. The Bertz CT molecular complexity index is 1110. The first-order valence-corrected chi connectivity index (χ1v) is 10.8. The van der Waals surface area contributed by atoms with Gasteiger partial charge in [0.25, 0.3) is 0 Å². The third-order valence-corrected chi connectivity index (χ3v) is 7.36. The van der Waals surface area contributed by atoms with Crippen LogP contribution < -0.4 is 4.74 Å². The molecule has 1 heterocycles. The predicted octanol–water partition coefficient (Wildman–Crippen LogP) is 5.22. The number of ketones is 1. The zero-order valence-electron chi connectivity index (χ0n) is 15.6. The standard InChI is InChI=1S/C23H21NO3S/c1-27-19-13-11-17(12-14-19)23(25)15-18-16-28(26,20-7-3-2-4-8-20)24-22-10-6-5-9-21(18)22/h2-14,18H,15-16H2,1H3/t18-,28+/m1/s1. The maximum absolute atomic E-state index is 13.7. The lowest BCUT2D eigenvalue weighted by Gasteiger charge is -2.26. The van der Waals surface area contributed by atoms with Gasteiger partial charge in [-0.25, -0.2) is 4.21 Å². The topological polar surface area (TPSA) is 55.7 Å². The maximum Gasteiger partial charge on any atom is 0.163 e. The van der Waals surface area contributed by atoms with E-state index in [1.54, 1.807) is 31.4 Å². The molecule has 0 aliphatic carbocycles. The average molecular weight is 391 g/mol. The third-order valence-electron chi connectivity index (χ3n) is 5.00. The Morgan fingerprint density at radius 2 is 1.68 bits per heavy atom. The van der Waals surface area contributed by atoms with Crippen molar-refractivity contribution in [3.63, 3.8) is 0 Å². The largest absolute Gasteiger partial charge is 0.497 e. The summed E-state index contributed by atoms with van der Waals surface area (Å²) in [6.45, 7) is 0. The van der Waals surface area contributed by atoms with E-state index in [-0.39, 0.29) is 11.7 Å². The van der Waals surface area contributed by atoms with Gasteiger partial charge < -0.3 is 4.74 Å². The van der Waals surface area contributed by atoms with Gasteiger partial charge in [-0.05, 0) is 48.0 Å². The second kappa shape index (κ2) is 7.60. The van der Waals surface area contributed by atoms with E-state index in [2.05, 4.69) is 4.36 Å². The van der Waals surface area contributed by atoms with Crippen LogP contribution >= 0.6 is 0 Å². The van der Waals surface area contributed by atoms with E-state index in [9.17, 15) is 9.00 Å². The molecular formula is C23H21NO3S. The summed E-state index contributed by atoms with van der Waals surface area (Å²) in [5.74, 6) is 0.941. The van der Waals surface area contributed by atoms with Crippen molar-refractivity contribution < 1.29 is 13.7 Å². The summed E-state index contributed by atoms with van der Waals surface area (Å²) in [5.41, 5.74) is 2.33. The number of nitrogens with zero attached hydrogens (tertiary/aromatic N) is 1. The Morgan fingerprint density at radius 3 is 2.39 bits per heavy atom. The van der Waals surface area contributed by atoms with Gasteiger partial charge in [-0.2, -0.15) is 4.36 Å². The number of benzene rings is 3. The van der Waals surface area contributed by atoms with Crippen LogP contribution in [-0.4, -0.2) is 22.9 Å². The first kappa shape index (κ1) is 18.4. The molecule has 0 aromatic heterocycles. The number of carbonyl (C=O) groups is 1. The minimum absolute atomic E-state index is 0.0270. The van der Waals surface area contributed by atoms with Crippen LogP contribution in [0.1, 0.15) is 28.3 Å². The molecule has 142 valence electrons. The van der Waals surface area contributed by atoms with Crippen molar-refractivity contribution in [1.29, 1.82) is 0 Å². The van der Waals surface area contributed by atoms with Crippen molar-refractivity contribution in [2.45, 2.75) is 17.2 Å². The number of fused-ring (bicyclic) bond motifs is 1. The SMILES string of the molecule is COc1ccc(C(=O)C[C@@H]2C[S@](=O)(c3ccccc3)=Nc3ccccc32)cc1. The quantitative estimate of drug-likeness (QED) is 0.560. The van der Waals surface area contributed by atoms with Crippen LogP contribution in [0.3, 0.4) is 0 Å². The van der Waals surface area contributed by atoms with Crippen LogP contribution in [0, 0.1) is 0 Å². The molecule has 28 heavy (non-hydrogen) atoms. The zero-order chi connectivity index (χ0) is 19.6. The van der Waals surface area contributed by atoms with Crippen molar-refractivity contribution in [3.05, 3.63) is 90.0 Å². The Morgan fingerprint density at radius 1 is 1.00 bits per heavy atom. The Hall–Kier alpha value is -2.92. The fraction of sp³-hybridized carbons (Fsp3) is 0.174. The van der Waals surface area contributed by atoms with Crippen molar-refractivity contribution in [3.8, 4) is 5.75 Å². The molecule has 2 atom stereocenters. The number of carbonyl (C=O) groups excluding carboxylic acids is 1. The molecule has 1 aliphatic heterocycles. The molecule has 4 rings (SSSR count). The molecule has 0 amide bonds. The van der Waals surface area contributed by atoms with Crippen molar-refractivity contribution in [1.82, 2.24) is 0 Å². The second-order valence-corrected chi connectivity index (χ2v) is 9.09. The summed E-state index contributed by atoms with van der Waals surface area (Å²) in [5, 5.41) is 0. The van der Waals surface area contributed by atoms with E-state index in [1.165, 1.54) is 0 Å². The van der Waals surface area contributed by atoms with Crippen LogP contribution in [0.2, 0.25) is 0 Å². The lowest BCUT2D eigenvalue weighted by molar-refractivity contribution is 0.0976. The third kappa shape index (κ3) is 3.58. The van der Waals surface area contributed by atoms with E-state index in [0.29, 0.717) is 28.4 Å². The molecule has 5 heteroatoms. The molecule has 3 aromatic carbocycles. The van der Waals surface area contributed by atoms with Gasteiger partial charge in [-0.1, -0.05) is 36.4 Å². The highest BCUT2D eigenvalue weighted by Gasteiger charge is 2.30. The number of hydrogen-bond donors (Lipinski definition) is 0. The second-order valence-electron chi connectivity index (χ2n) is 6.82. The average Bonchev–Trinajstić information content (AvgIpc) is 2.74. The first-order chi connectivity index (χ1) is 13.6. The molecule has 0 spiro atoms. The number of ether oxygens (including phenoxy) is 1. The Labute approximate surface area is 165 Å². The van der Waals surface area contributed by atoms with Gasteiger partial charge in [0.1, 0.15) is 5.75 Å². The molecule has 0 radical (unpaired) electrons. The van der Waals surface area contributed by atoms with Gasteiger partial charge in [0.05, 0.1) is 22.5 Å². The van der Waals surface area contributed by atoms with Gasteiger partial charge in [0, 0.05) is 28.6 Å². The van der Waals surface area contributed by atoms with Gasteiger partial charge >= 0.3 is 0 Å². The summed E-state index contributed by atoms with van der Waals surface area (Å²) in [6.07, 6.45) is 0.294. The number of Topliss-reactive ketones (excluding diaryl/α,β-unsaturated/α-hetero) is 1. The number of hydrogen-bond acceptors (Lipinski definition) is 4. The summed E-state index contributed by atoms with van der Waals surface area (Å²) in [7, 11) is -1.02. The minimum Gasteiger partial charge on any atom is -0.497 e. The van der Waals surface area contributed by atoms with E-state index in [1.807, 2.05) is 54.6 Å². The van der Waals surface area contributed by atoms with Crippen molar-refractivity contribution in [2.24, 2.45) is 4.36 Å². The Kier molecular flexibility index (Phi) is 5.01. The van der Waals surface area contributed by atoms with Gasteiger partial charge in [0.2, 0.25) is 0 Å². The van der Waals surface area contributed by atoms with Crippen LogP contribution in [-0.2, 0) is 9.73 Å². The molecule has 0 fully saturated rings. The summed E-state index contributed by atoms with van der Waals surface area (Å²) in [6, 6.07) is 24.1. The van der Waals surface area contributed by atoms with Crippen molar-refractivity contribution >= 4 is 21.2 Å². The Balaban J connectivity index is 1.68. The fourth-order valence-electron chi connectivity index (χ4n) is 3.54. The highest BCUT2D eigenvalue weighted by Crippen LogP contribution is 2.39. The molecular weight excluding hydrogens is 370 g/mol. The van der Waals surface area contributed by atoms with Crippen LogP contribution in [0.5, 0.6) is 5.75 Å². The van der Waals surface area contributed by atoms with Crippen LogP contribution in [0.4, 0.5) is 5.69 Å². The van der Waals surface area contributed by atoms with E-state index in [0.717, 1.165) is 11.3 Å². The normalized spacial score (nSPS) is 20.7. The highest BCUT2D eigenvalue weighted by molar-refractivity contribution is 7.93. The predicted molar refractivity (Wildman–Crippen MR) is 111 cm³/mol. The lowest BCUT2D eigenvalue weighted by atomic mass is 9.92. The van der Waals surface area contributed by atoms with Crippen LogP contribution in [0.15, 0.2) is 88.1 Å². The summed E-state index contributed by atoms with van der Waals surface area (Å²) < 4.78 is 23.4. The first-order valence-electron chi connectivity index (χ1n) is 9.15. The molecule has 0 unspecified atom stereocenters. The monoisotopic (exact) mass is 391 g/mol. The maximum atomic E-state index is 13.7. The summed E-state index contributed by atoms with van der Waals surface area (Å²) >= 11 is 0. The molecule has 3 aromatic rings. The molecule has 1 aliphatic rings. The number of methoxy groups -OCH3 is 1. The van der Waals surface area contributed by atoms with Crippen molar-refractivity contribution in [2.75, 3.05) is 12.9 Å². The molecule has 0 saturated heterocycles. The van der Waals surface area contributed by atoms with E-state index >= 15 is 0 Å². The minimum atomic E-state index is -2.62. The fourth-order valence-corrected chi connectivity index (χ4v) is 5.83. The van der Waals surface area contributed by atoms with E-state index < -0.39 is 9.73 Å². The van der Waals surface area contributed by atoms with Gasteiger partial charge in [-0.15, -0.1) is 0 Å². The lowest BCUT2D eigenvalue weighted by Crippen LogP contribution is -2.21. The molecule has 4 nitrogen and oxygen atoms in total. The molecule has 0 saturated carbocycles. The zero-order valence-corrected chi connectivity index (χ0v) is 16.4.